The summed E-state index contributed by atoms with van der Waals surface area (Å²) in [6.07, 6.45) is 2.04. The van der Waals surface area contributed by atoms with Crippen molar-refractivity contribution in [2.75, 3.05) is 13.1 Å². The van der Waals surface area contributed by atoms with Crippen LogP contribution in [0.2, 0.25) is 5.02 Å². The molecule has 1 amide bonds. The largest absolute Gasteiger partial charge is 0.470 e. The van der Waals surface area contributed by atoms with Gasteiger partial charge in [0.05, 0.1) is 19.5 Å². The molecule has 0 radical (unpaired) electrons. The number of pyridine rings is 1. The van der Waals surface area contributed by atoms with Gasteiger partial charge in [-0.15, -0.1) is 0 Å². The fourth-order valence-corrected chi connectivity index (χ4v) is 2.38. The number of carbonyl (C=O) groups is 1. The number of ether oxygens (including phenoxy) is 1. The summed E-state index contributed by atoms with van der Waals surface area (Å²) >= 11 is 5.99. The second-order valence-electron chi connectivity index (χ2n) is 4.99. The standard InChI is InChI=1S/C16H15ClN2O2/c17-14-7-4-8-18-16(14)21-13-10-19(11-13)15(20)9-12-5-2-1-3-6-12/h1-8,13H,9-11H2. The van der Waals surface area contributed by atoms with Gasteiger partial charge in [0.25, 0.3) is 0 Å². The van der Waals surface area contributed by atoms with Crippen LogP contribution in [0.1, 0.15) is 5.56 Å². The molecule has 1 aromatic carbocycles. The second kappa shape index (κ2) is 6.14. The van der Waals surface area contributed by atoms with Crippen molar-refractivity contribution in [3.63, 3.8) is 0 Å². The Kier molecular flexibility index (Phi) is 4.06. The molecular weight excluding hydrogens is 288 g/mol. The van der Waals surface area contributed by atoms with Crippen molar-refractivity contribution >= 4 is 17.5 Å². The number of halogens is 1. The summed E-state index contributed by atoms with van der Waals surface area (Å²) in [5.41, 5.74) is 1.03. The van der Waals surface area contributed by atoms with Crippen LogP contribution in [0.3, 0.4) is 0 Å². The molecule has 0 bridgehead atoms. The van der Waals surface area contributed by atoms with E-state index in [0.29, 0.717) is 30.4 Å². The molecule has 0 saturated carbocycles. The molecule has 0 N–H and O–H groups in total. The number of hydrogen-bond donors (Lipinski definition) is 0. The van der Waals surface area contributed by atoms with Gasteiger partial charge in [-0.1, -0.05) is 41.9 Å². The summed E-state index contributed by atoms with van der Waals surface area (Å²) in [5, 5.41) is 0.492. The van der Waals surface area contributed by atoms with E-state index >= 15 is 0 Å². The van der Waals surface area contributed by atoms with Gasteiger partial charge in [0.2, 0.25) is 11.8 Å². The van der Waals surface area contributed by atoms with Gasteiger partial charge in [-0.05, 0) is 17.7 Å². The van der Waals surface area contributed by atoms with Crippen molar-refractivity contribution in [2.45, 2.75) is 12.5 Å². The number of carbonyl (C=O) groups excluding carboxylic acids is 1. The van der Waals surface area contributed by atoms with Gasteiger partial charge >= 0.3 is 0 Å². The lowest BCUT2D eigenvalue weighted by Gasteiger charge is -2.38. The van der Waals surface area contributed by atoms with Crippen LogP contribution in [0.4, 0.5) is 0 Å². The monoisotopic (exact) mass is 302 g/mol. The summed E-state index contributed by atoms with van der Waals surface area (Å²) in [4.78, 5) is 18.0. The van der Waals surface area contributed by atoms with Crippen LogP contribution in [0, 0.1) is 0 Å². The number of benzene rings is 1. The summed E-state index contributed by atoms with van der Waals surface area (Å²) in [6.45, 7) is 1.16. The minimum absolute atomic E-state index is 0.0304. The molecule has 1 aliphatic rings. The highest BCUT2D eigenvalue weighted by Crippen LogP contribution is 2.24. The van der Waals surface area contributed by atoms with Gasteiger partial charge < -0.3 is 9.64 Å². The third-order valence-corrected chi connectivity index (χ3v) is 3.69. The number of nitrogens with zero attached hydrogens (tertiary/aromatic N) is 2. The van der Waals surface area contributed by atoms with Crippen molar-refractivity contribution in [3.8, 4) is 5.88 Å². The van der Waals surface area contributed by atoms with Crippen LogP contribution in [0.25, 0.3) is 0 Å². The maximum Gasteiger partial charge on any atom is 0.232 e. The summed E-state index contributed by atoms with van der Waals surface area (Å²) in [7, 11) is 0. The Bertz CT molecular complexity index is 627. The molecular formula is C16H15ClN2O2. The number of hydrogen-bond acceptors (Lipinski definition) is 3. The molecule has 1 aliphatic heterocycles. The average Bonchev–Trinajstić information content (AvgIpc) is 2.45. The van der Waals surface area contributed by atoms with Crippen molar-refractivity contribution in [1.29, 1.82) is 0 Å². The molecule has 2 aromatic rings. The van der Waals surface area contributed by atoms with Gasteiger partial charge in [0, 0.05) is 6.20 Å². The van der Waals surface area contributed by atoms with Crippen LogP contribution < -0.4 is 4.74 Å². The van der Waals surface area contributed by atoms with E-state index in [4.69, 9.17) is 16.3 Å². The van der Waals surface area contributed by atoms with Crippen molar-refractivity contribution in [2.24, 2.45) is 0 Å². The van der Waals surface area contributed by atoms with Crippen molar-refractivity contribution < 1.29 is 9.53 Å². The van der Waals surface area contributed by atoms with E-state index in [1.807, 2.05) is 30.3 Å². The van der Waals surface area contributed by atoms with Gasteiger partial charge in [-0.3, -0.25) is 4.79 Å². The van der Waals surface area contributed by atoms with Crippen LogP contribution in [-0.4, -0.2) is 35.0 Å². The molecule has 0 atom stereocenters. The van der Waals surface area contributed by atoms with Crippen LogP contribution in [0.5, 0.6) is 5.88 Å². The first-order valence-corrected chi connectivity index (χ1v) is 7.19. The van der Waals surface area contributed by atoms with E-state index in [9.17, 15) is 4.79 Å². The maximum absolute atomic E-state index is 12.1. The van der Waals surface area contributed by atoms with E-state index in [1.165, 1.54) is 0 Å². The highest BCUT2D eigenvalue weighted by atomic mass is 35.5. The minimum atomic E-state index is -0.0304. The lowest BCUT2D eigenvalue weighted by molar-refractivity contribution is -0.139. The van der Waals surface area contributed by atoms with Gasteiger partial charge in [-0.2, -0.15) is 0 Å². The fraction of sp³-hybridized carbons (Fsp3) is 0.250. The normalized spacial score (nSPS) is 14.6. The third kappa shape index (κ3) is 3.34. The minimum Gasteiger partial charge on any atom is -0.470 e. The first-order valence-electron chi connectivity index (χ1n) is 6.81. The molecule has 3 rings (SSSR count). The molecule has 1 fully saturated rings. The van der Waals surface area contributed by atoms with E-state index in [0.717, 1.165) is 5.56 Å². The molecule has 21 heavy (non-hydrogen) atoms. The molecule has 0 aliphatic carbocycles. The Balaban J connectivity index is 1.49. The van der Waals surface area contributed by atoms with E-state index < -0.39 is 0 Å². The zero-order valence-corrected chi connectivity index (χ0v) is 12.2. The predicted molar refractivity (Wildman–Crippen MR) is 80.4 cm³/mol. The molecule has 0 unspecified atom stereocenters. The Labute approximate surface area is 128 Å². The summed E-state index contributed by atoms with van der Waals surface area (Å²) in [6, 6.07) is 13.2. The fourth-order valence-electron chi connectivity index (χ4n) is 2.21. The molecule has 0 spiro atoms. The average molecular weight is 303 g/mol. The Morgan fingerprint density at radius 1 is 1.24 bits per heavy atom. The zero-order valence-electron chi connectivity index (χ0n) is 11.4. The first-order chi connectivity index (χ1) is 10.2. The molecule has 2 heterocycles. The number of likely N-dealkylation sites (tertiary alicyclic amines) is 1. The van der Waals surface area contributed by atoms with E-state index in [2.05, 4.69) is 4.98 Å². The smallest absolute Gasteiger partial charge is 0.232 e. The van der Waals surface area contributed by atoms with Crippen LogP contribution >= 0.6 is 11.6 Å². The van der Waals surface area contributed by atoms with Crippen LogP contribution in [-0.2, 0) is 11.2 Å². The summed E-state index contributed by atoms with van der Waals surface area (Å²) < 4.78 is 5.67. The molecule has 108 valence electrons. The molecule has 4 nitrogen and oxygen atoms in total. The maximum atomic E-state index is 12.1. The van der Waals surface area contributed by atoms with E-state index in [1.54, 1.807) is 23.2 Å². The molecule has 5 heteroatoms. The Hall–Kier alpha value is -2.07. The Morgan fingerprint density at radius 3 is 2.71 bits per heavy atom. The lowest BCUT2D eigenvalue weighted by Crippen LogP contribution is -2.56. The highest BCUT2D eigenvalue weighted by Gasteiger charge is 2.32. The van der Waals surface area contributed by atoms with Crippen molar-refractivity contribution in [3.05, 3.63) is 59.2 Å². The van der Waals surface area contributed by atoms with Crippen molar-refractivity contribution in [1.82, 2.24) is 9.88 Å². The number of aromatic nitrogens is 1. The van der Waals surface area contributed by atoms with Gasteiger partial charge in [0.1, 0.15) is 11.1 Å². The van der Waals surface area contributed by atoms with Gasteiger partial charge in [-0.25, -0.2) is 4.98 Å². The topological polar surface area (TPSA) is 42.4 Å². The number of rotatable bonds is 4. The highest BCUT2D eigenvalue weighted by molar-refractivity contribution is 6.31. The quantitative estimate of drug-likeness (QED) is 0.872. The SMILES string of the molecule is O=C(Cc1ccccc1)N1CC(Oc2ncccc2Cl)C1. The third-order valence-electron chi connectivity index (χ3n) is 3.40. The predicted octanol–water partition coefficient (Wildman–Crippen LogP) is 2.57. The molecule has 1 aromatic heterocycles. The zero-order chi connectivity index (χ0) is 14.7. The summed E-state index contributed by atoms with van der Waals surface area (Å²) in [5.74, 6) is 0.549. The molecule has 1 saturated heterocycles. The van der Waals surface area contributed by atoms with Gasteiger partial charge in [0.15, 0.2) is 0 Å². The first kappa shape index (κ1) is 13.9. The van der Waals surface area contributed by atoms with Crippen LogP contribution in [0.15, 0.2) is 48.7 Å². The Morgan fingerprint density at radius 2 is 2.00 bits per heavy atom. The van der Waals surface area contributed by atoms with E-state index in [-0.39, 0.29) is 12.0 Å². The second-order valence-corrected chi connectivity index (χ2v) is 5.40. The number of amides is 1. The lowest BCUT2D eigenvalue weighted by atomic mass is 10.1.